The Morgan fingerprint density at radius 2 is 1.77 bits per heavy atom. The first-order valence-electron chi connectivity index (χ1n) is 13.5. The highest BCUT2D eigenvalue weighted by Gasteiger charge is 2.72. The number of carbonyl (C=O) groups excluding carboxylic acids is 2. The third-order valence-corrected chi connectivity index (χ3v) is 11.7. The van der Waals surface area contributed by atoms with Gasteiger partial charge >= 0.3 is 5.97 Å². The van der Waals surface area contributed by atoms with Crippen LogP contribution in [-0.2, 0) is 14.3 Å². The summed E-state index contributed by atoms with van der Waals surface area (Å²) < 4.78 is 5.81. The summed E-state index contributed by atoms with van der Waals surface area (Å²) in [5.41, 5.74) is -1.65. The van der Waals surface area contributed by atoms with Gasteiger partial charge in [-0.15, -0.1) is 0 Å². The molecule has 0 saturated heterocycles. The van der Waals surface area contributed by atoms with Crippen LogP contribution in [0.2, 0.25) is 0 Å². The summed E-state index contributed by atoms with van der Waals surface area (Å²) in [4.78, 5) is 25.8. The van der Waals surface area contributed by atoms with E-state index in [4.69, 9.17) is 4.74 Å². The maximum Gasteiger partial charge on any atom is 0.336 e. The van der Waals surface area contributed by atoms with Crippen molar-refractivity contribution in [2.45, 2.75) is 103 Å². The number of carbonyl (C=O) groups is 2. The summed E-state index contributed by atoms with van der Waals surface area (Å²) in [6, 6.07) is 0. The van der Waals surface area contributed by atoms with Crippen LogP contribution in [0, 0.1) is 40.4 Å². The third-order valence-electron chi connectivity index (χ3n) is 11.7. The molecule has 11 atom stereocenters. The molecule has 5 aliphatic rings. The van der Waals surface area contributed by atoms with Crippen molar-refractivity contribution in [1.82, 2.24) is 0 Å². The van der Waals surface area contributed by atoms with Gasteiger partial charge in [0.2, 0.25) is 0 Å². The van der Waals surface area contributed by atoms with E-state index in [1.165, 1.54) is 0 Å². The van der Waals surface area contributed by atoms with Crippen LogP contribution in [0.3, 0.4) is 0 Å². The Balaban J connectivity index is 1.42. The molecule has 4 fully saturated rings. The summed E-state index contributed by atoms with van der Waals surface area (Å²) in [6.45, 7) is 7.92. The molecule has 7 heteroatoms. The van der Waals surface area contributed by atoms with Gasteiger partial charge in [0.05, 0.1) is 29.8 Å². The highest BCUT2D eigenvalue weighted by molar-refractivity contribution is 5.90. The number of hydrogen-bond donors (Lipinski definition) is 4. The molecule has 0 bridgehead atoms. The van der Waals surface area contributed by atoms with Gasteiger partial charge in [-0.25, -0.2) is 4.79 Å². The Morgan fingerprint density at radius 3 is 2.43 bits per heavy atom. The number of rotatable bonds is 3. The minimum absolute atomic E-state index is 0.0102. The highest BCUT2D eigenvalue weighted by Crippen LogP contribution is 2.68. The first-order chi connectivity index (χ1) is 16.4. The lowest BCUT2D eigenvalue weighted by molar-refractivity contribution is -0.274. The lowest BCUT2D eigenvalue weighted by atomic mass is 9.41. The molecule has 0 radical (unpaired) electrons. The zero-order chi connectivity index (χ0) is 25.5. The largest absolute Gasteiger partial charge is 0.458 e. The second kappa shape index (κ2) is 8.37. The molecule has 0 unspecified atom stereocenters. The fourth-order valence-electron chi connectivity index (χ4n) is 9.67. The van der Waals surface area contributed by atoms with Crippen molar-refractivity contribution in [2.24, 2.45) is 40.4 Å². The minimum Gasteiger partial charge on any atom is -0.458 e. The quantitative estimate of drug-likeness (QED) is 0.448. The van der Waals surface area contributed by atoms with E-state index in [0.29, 0.717) is 30.3 Å². The van der Waals surface area contributed by atoms with Crippen molar-refractivity contribution in [1.29, 1.82) is 0 Å². The molecule has 1 aliphatic heterocycles. The fourth-order valence-corrected chi connectivity index (χ4v) is 9.67. The molecule has 4 saturated carbocycles. The predicted molar refractivity (Wildman–Crippen MR) is 128 cm³/mol. The van der Waals surface area contributed by atoms with Gasteiger partial charge in [0.25, 0.3) is 0 Å². The first kappa shape index (κ1) is 25.4. The number of aliphatic hydroxyl groups is 4. The smallest absolute Gasteiger partial charge is 0.336 e. The van der Waals surface area contributed by atoms with E-state index in [9.17, 15) is 30.0 Å². The molecule has 0 amide bonds. The number of Topliss-reactive ketones (excluding diaryl/α,β-unsaturated/α-hetero) is 1. The molecule has 0 aromatic rings. The monoisotopic (exact) mass is 490 g/mol. The molecule has 5 rings (SSSR count). The van der Waals surface area contributed by atoms with Gasteiger partial charge in [-0.2, -0.15) is 0 Å². The number of ether oxygens (including phenoxy) is 1. The van der Waals surface area contributed by atoms with Crippen LogP contribution < -0.4 is 0 Å². The van der Waals surface area contributed by atoms with Crippen LogP contribution in [0.1, 0.15) is 79.1 Å². The summed E-state index contributed by atoms with van der Waals surface area (Å²) in [7, 11) is 0. The van der Waals surface area contributed by atoms with E-state index in [1.807, 2.05) is 6.92 Å². The zero-order valence-corrected chi connectivity index (χ0v) is 21.5. The van der Waals surface area contributed by atoms with Crippen molar-refractivity contribution < 1.29 is 34.8 Å². The second-order valence-electron chi connectivity index (χ2n) is 12.8. The van der Waals surface area contributed by atoms with Gasteiger partial charge in [-0.05, 0) is 87.4 Å². The number of ketones is 1. The minimum atomic E-state index is -1.78. The Morgan fingerprint density at radius 1 is 1.06 bits per heavy atom. The van der Waals surface area contributed by atoms with Gasteiger partial charge in [-0.3, -0.25) is 4.79 Å². The van der Waals surface area contributed by atoms with E-state index >= 15 is 0 Å². The van der Waals surface area contributed by atoms with E-state index in [2.05, 4.69) is 13.8 Å². The van der Waals surface area contributed by atoms with Crippen LogP contribution in [0.4, 0.5) is 0 Å². The normalized spacial score (nSPS) is 50.8. The molecule has 4 N–H and O–H groups in total. The van der Waals surface area contributed by atoms with Crippen LogP contribution in [0.15, 0.2) is 11.1 Å². The Labute approximate surface area is 207 Å². The van der Waals surface area contributed by atoms with E-state index < -0.39 is 29.2 Å². The molecule has 0 aromatic heterocycles. The molecule has 7 nitrogen and oxygen atoms in total. The average Bonchev–Trinajstić information content (AvgIpc) is 3.16. The van der Waals surface area contributed by atoms with Crippen LogP contribution in [0.25, 0.3) is 0 Å². The number of fused-ring (bicyclic) bond motifs is 5. The third kappa shape index (κ3) is 3.23. The van der Waals surface area contributed by atoms with Crippen LogP contribution >= 0.6 is 0 Å². The van der Waals surface area contributed by atoms with Crippen LogP contribution in [-0.4, -0.2) is 62.7 Å². The van der Waals surface area contributed by atoms with E-state index in [-0.39, 0.29) is 54.5 Å². The van der Waals surface area contributed by atoms with Gasteiger partial charge < -0.3 is 25.2 Å². The first-order valence-corrected chi connectivity index (χ1v) is 13.5. The average molecular weight is 491 g/mol. The molecular weight excluding hydrogens is 448 g/mol. The Hall–Kier alpha value is -1.28. The fraction of sp³-hybridized carbons (Fsp3) is 0.857. The maximum absolute atomic E-state index is 13.3. The number of esters is 1. The van der Waals surface area contributed by atoms with Gasteiger partial charge in [-0.1, -0.05) is 19.4 Å². The molecule has 1 heterocycles. The zero-order valence-electron chi connectivity index (χ0n) is 21.5. The molecule has 0 spiro atoms. The molecule has 4 aliphatic carbocycles. The summed E-state index contributed by atoms with van der Waals surface area (Å²) in [6.07, 6.45) is 2.74. The van der Waals surface area contributed by atoms with Crippen molar-refractivity contribution in [3.05, 3.63) is 11.1 Å². The summed E-state index contributed by atoms with van der Waals surface area (Å²) in [5.74, 6) is 0.413. The van der Waals surface area contributed by atoms with E-state index in [1.54, 1.807) is 6.92 Å². The topological polar surface area (TPSA) is 124 Å². The highest BCUT2D eigenvalue weighted by atomic mass is 16.5. The van der Waals surface area contributed by atoms with Crippen molar-refractivity contribution in [2.75, 3.05) is 6.61 Å². The Bertz CT molecular complexity index is 944. The lowest BCUT2D eigenvalue weighted by Gasteiger charge is -2.64. The number of cyclic esters (lactones) is 1. The molecule has 196 valence electrons. The maximum atomic E-state index is 13.3. The predicted octanol–water partition coefficient (Wildman–Crippen LogP) is 2.53. The number of aliphatic hydroxyl groups excluding tert-OH is 3. The second-order valence-corrected chi connectivity index (χ2v) is 12.8. The van der Waals surface area contributed by atoms with Crippen molar-refractivity contribution in [3.8, 4) is 0 Å². The van der Waals surface area contributed by atoms with Gasteiger partial charge in [0.15, 0.2) is 0 Å². The van der Waals surface area contributed by atoms with Crippen molar-refractivity contribution in [3.63, 3.8) is 0 Å². The van der Waals surface area contributed by atoms with Crippen molar-refractivity contribution >= 4 is 11.8 Å². The van der Waals surface area contributed by atoms with Gasteiger partial charge in [0.1, 0.15) is 17.5 Å². The standard InChI is InChI=1S/C28H42O7/c1-14-11-21(35-25(33)17(14)13-29)15(2)18-5-6-19-16-12-24(32)28(34)23(31)8-7-22(30)27(28,4)20(16)9-10-26(18,19)3/h15-16,18-21,23-24,29,31-32,34H,5-13H2,1-4H3/t15-,16-,18+,19-,20-,21+,23-,24-,26+,27-,28+/m0/s1. The summed E-state index contributed by atoms with van der Waals surface area (Å²) in [5, 5.41) is 43.1. The lowest BCUT2D eigenvalue weighted by Crippen LogP contribution is -2.74. The number of hydrogen-bond acceptors (Lipinski definition) is 7. The van der Waals surface area contributed by atoms with Crippen LogP contribution in [0.5, 0.6) is 0 Å². The SMILES string of the molecule is CC1=C(CO)C(=O)O[C@@H]([C@@H](C)[C@H]2CC[C@H]3[C@@H]4C[C@H](O)[C@]5(O)[C@@H](O)CCC(=O)[C@]5(C)[C@H]4CC[C@]23C)C1. The molecule has 35 heavy (non-hydrogen) atoms. The molecular formula is C28H42O7. The van der Waals surface area contributed by atoms with Gasteiger partial charge in [0, 0.05) is 12.8 Å². The van der Waals surface area contributed by atoms with E-state index in [0.717, 1.165) is 31.3 Å². The Kier molecular flexibility index (Phi) is 6.07. The molecule has 0 aromatic carbocycles. The summed E-state index contributed by atoms with van der Waals surface area (Å²) >= 11 is 0.